The van der Waals surface area contributed by atoms with Gasteiger partial charge in [0.05, 0.1) is 6.54 Å². The molecule has 2 aromatic heterocycles. The molecule has 0 saturated carbocycles. The van der Waals surface area contributed by atoms with Gasteiger partial charge in [-0.3, -0.25) is 4.98 Å². The van der Waals surface area contributed by atoms with E-state index in [-0.39, 0.29) is 11.2 Å². The Morgan fingerprint density at radius 1 is 1.52 bits per heavy atom. The number of ether oxygens (including phenoxy) is 1. The third-order valence-corrected chi connectivity index (χ3v) is 3.55. The highest BCUT2D eigenvalue weighted by atomic mass is 35.5. The summed E-state index contributed by atoms with van der Waals surface area (Å²) in [5.74, 6) is 0.962. The fourth-order valence-electron chi connectivity index (χ4n) is 1.67. The van der Waals surface area contributed by atoms with Crippen LogP contribution in [-0.2, 0) is 6.54 Å². The Morgan fingerprint density at radius 3 is 2.95 bits per heavy atom. The van der Waals surface area contributed by atoms with E-state index in [2.05, 4.69) is 25.5 Å². The van der Waals surface area contributed by atoms with Crippen LogP contribution in [0.3, 0.4) is 0 Å². The summed E-state index contributed by atoms with van der Waals surface area (Å²) < 4.78 is 5.68. The van der Waals surface area contributed by atoms with Crippen molar-refractivity contribution in [3.63, 3.8) is 0 Å². The molecule has 1 unspecified atom stereocenters. The Kier molecular flexibility index (Phi) is 4.98. The van der Waals surface area contributed by atoms with Crippen molar-refractivity contribution in [1.29, 1.82) is 0 Å². The average Bonchev–Trinajstić information content (AvgIpc) is 2.90. The van der Waals surface area contributed by atoms with Crippen molar-refractivity contribution >= 4 is 11.6 Å². The van der Waals surface area contributed by atoms with Crippen molar-refractivity contribution in [3.05, 3.63) is 39.7 Å². The molecule has 3 N–H and O–H groups in total. The van der Waals surface area contributed by atoms with Gasteiger partial charge in [0, 0.05) is 11.7 Å². The summed E-state index contributed by atoms with van der Waals surface area (Å²) in [7, 11) is 0. The van der Waals surface area contributed by atoms with Crippen LogP contribution in [0.2, 0.25) is 5.02 Å². The van der Waals surface area contributed by atoms with Gasteiger partial charge in [0.1, 0.15) is 17.5 Å². The zero-order valence-electron chi connectivity index (χ0n) is 11.9. The van der Waals surface area contributed by atoms with Gasteiger partial charge in [-0.2, -0.15) is 5.10 Å². The van der Waals surface area contributed by atoms with E-state index in [1.165, 1.54) is 0 Å². The van der Waals surface area contributed by atoms with Crippen LogP contribution in [0.1, 0.15) is 26.1 Å². The minimum absolute atomic E-state index is 0.295. The zero-order valence-corrected chi connectivity index (χ0v) is 12.7. The van der Waals surface area contributed by atoms with Gasteiger partial charge in [0.25, 0.3) is 0 Å². The Bertz CT molecular complexity index is 641. The van der Waals surface area contributed by atoms with Crippen LogP contribution in [0.15, 0.2) is 23.1 Å². The van der Waals surface area contributed by atoms with E-state index < -0.39 is 0 Å². The maximum absolute atomic E-state index is 11.0. The van der Waals surface area contributed by atoms with E-state index in [1.807, 2.05) is 13.8 Å². The summed E-state index contributed by atoms with van der Waals surface area (Å²) >= 11 is 6.01. The van der Waals surface area contributed by atoms with Crippen LogP contribution in [0.25, 0.3) is 0 Å². The van der Waals surface area contributed by atoms with Gasteiger partial charge in [-0.05, 0) is 25.5 Å². The van der Waals surface area contributed by atoms with Gasteiger partial charge in [-0.1, -0.05) is 18.5 Å². The van der Waals surface area contributed by atoms with Crippen molar-refractivity contribution < 1.29 is 4.74 Å². The van der Waals surface area contributed by atoms with Crippen molar-refractivity contribution in [2.24, 2.45) is 0 Å². The highest BCUT2D eigenvalue weighted by Crippen LogP contribution is 2.21. The van der Waals surface area contributed by atoms with Gasteiger partial charge < -0.3 is 10.1 Å². The monoisotopic (exact) mass is 311 g/mol. The molecule has 21 heavy (non-hydrogen) atoms. The van der Waals surface area contributed by atoms with E-state index >= 15 is 0 Å². The first-order valence-corrected chi connectivity index (χ1v) is 7.02. The quantitative estimate of drug-likeness (QED) is 0.720. The second-order valence-corrected chi connectivity index (χ2v) is 5.38. The maximum atomic E-state index is 11.0. The standard InChI is InChI=1S/C13H18ClN5O2/c1-3-13(2,16-7-10-17-12(20)19-18-10)8-21-11-9(14)5-4-6-15-11/h4-6,16H,3,7-8H2,1-2H3,(H2,17,18,19,20). The Hall–Kier alpha value is -1.86. The molecule has 114 valence electrons. The third kappa shape index (κ3) is 4.30. The van der Waals surface area contributed by atoms with Crippen molar-refractivity contribution in [3.8, 4) is 5.88 Å². The van der Waals surface area contributed by atoms with Gasteiger partial charge in [-0.25, -0.2) is 14.9 Å². The highest BCUT2D eigenvalue weighted by molar-refractivity contribution is 6.31. The van der Waals surface area contributed by atoms with E-state index in [0.717, 1.165) is 6.42 Å². The largest absolute Gasteiger partial charge is 0.475 e. The van der Waals surface area contributed by atoms with E-state index in [0.29, 0.717) is 29.9 Å². The fraction of sp³-hybridized carbons (Fsp3) is 0.462. The number of halogens is 1. The second-order valence-electron chi connectivity index (χ2n) is 4.97. The lowest BCUT2D eigenvalue weighted by molar-refractivity contribution is 0.181. The molecular formula is C13H18ClN5O2. The molecule has 0 aromatic carbocycles. The van der Waals surface area contributed by atoms with Gasteiger partial charge >= 0.3 is 5.69 Å². The lowest BCUT2D eigenvalue weighted by atomic mass is 10.0. The molecule has 0 aliphatic carbocycles. The minimum Gasteiger partial charge on any atom is -0.475 e. The predicted octanol–water partition coefficient (Wildman–Crippen LogP) is 1.48. The molecule has 0 spiro atoms. The van der Waals surface area contributed by atoms with Crippen LogP contribution < -0.4 is 15.7 Å². The second kappa shape index (κ2) is 6.73. The number of hydrogen-bond acceptors (Lipinski definition) is 5. The topological polar surface area (TPSA) is 95.7 Å². The van der Waals surface area contributed by atoms with Crippen LogP contribution >= 0.6 is 11.6 Å². The smallest absolute Gasteiger partial charge is 0.340 e. The molecule has 1 atom stereocenters. The number of aromatic amines is 2. The van der Waals surface area contributed by atoms with Crippen molar-refractivity contribution in [2.75, 3.05) is 6.61 Å². The number of rotatable bonds is 7. The molecule has 0 aliphatic rings. The number of nitrogens with zero attached hydrogens (tertiary/aromatic N) is 2. The van der Waals surface area contributed by atoms with Crippen LogP contribution in [0.4, 0.5) is 0 Å². The molecule has 0 amide bonds. The first kappa shape index (κ1) is 15.5. The molecule has 0 bridgehead atoms. The van der Waals surface area contributed by atoms with Crippen molar-refractivity contribution in [2.45, 2.75) is 32.4 Å². The molecule has 0 fully saturated rings. The summed E-state index contributed by atoms with van der Waals surface area (Å²) in [5, 5.41) is 9.98. The molecule has 2 rings (SSSR count). The average molecular weight is 312 g/mol. The highest BCUT2D eigenvalue weighted by Gasteiger charge is 2.23. The summed E-state index contributed by atoms with van der Waals surface area (Å²) in [5.41, 5.74) is -0.613. The summed E-state index contributed by atoms with van der Waals surface area (Å²) in [6.07, 6.45) is 2.46. The SMILES string of the molecule is CCC(C)(COc1ncccc1Cl)NCc1n[nH]c(=O)[nH]1. The van der Waals surface area contributed by atoms with Crippen LogP contribution in [-0.4, -0.2) is 32.3 Å². The summed E-state index contributed by atoms with van der Waals surface area (Å²) in [4.78, 5) is 17.7. The third-order valence-electron chi connectivity index (χ3n) is 3.27. The molecule has 0 aliphatic heterocycles. The fourth-order valence-corrected chi connectivity index (χ4v) is 1.85. The number of hydrogen-bond donors (Lipinski definition) is 3. The predicted molar refractivity (Wildman–Crippen MR) is 79.5 cm³/mol. The molecule has 8 heteroatoms. The molecule has 7 nitrogen and oxygen atoms in total. The lowest BCUT2D eigenvalue weighted by Crippen LogP contribution is -2.46. The van der Waals surface area contributed by atoms with E-state index in [9.17, 15) is 4.79 Å². The van der Waals surface area contributed by atoms with Crippen LogP contribution in [0, 0.1) is 0 Å². The van der Waals surface area contributed by atoms with Gasteiger partial charge in [0.2, 0.25) is 5.88 Å². The van der Waals surface area contributed by atoms with Crippen molar-refractivity contribution in [1.82, 2.24) is 25.5 Å². The Balaban J connectivity index is 1.94. The number of pyridine rings is 1. The molecule has 2 heterocycles. The Morgan fingerprint density at radius 2 is 2.33 bits per heavy atom. The lowest BCUT2D eigenvalue weighted by Gasteiger charge is -2.29. The van der Waals surface area contributed by atoms with E-state index in [1.54, 1.807) is 18.3 Å². The van der Waals surface area contributed by atoms with Gasteiger partial charge in [-0.15, -0.1) is 0 Å². The van der Waals surface area contributed by atoms with Gasteiger partial charge in [0.15, 0.2) is 0 Å². The first-order chi connectivity index (χ1) is 10.0. The number of nitrogens with one attached hydrogen (secondary N) is 3. The minimum atomic E-state index is -0.318. The number of H-pyrrole nitrogens is 2. The molecule has 0 saturated heterocycles. The summed E-state index contributed by atoms with van der Waals surface area (Å²) in [6, 6.07) is 3.48. The first-order valence-electron chi connectivity index (χ1n) is 6.64. The van der Waals surface area contributed by atoms with E-state index in [4.69, 9.17) is 16.3 Å². The normalized spacial score (nSPS) is 13.9. The number of aromatic nitrogens is 4. The molecule has 2 aromatic rings. The zero-order chi connectivity index (χ0) is 15.3. The van der Waals surface area contributed by atoms with Crippen LogP contribution in [0.5, 0.6) is 5.88 Å². The Labute approximate surface area is 127 Å². The maximum Gasteiger partial charge on any atom is 0.340 e. The summed E-state index contributed by atoms with van der Waals surface area (Å²) in [6.45, 7) is 4.90. The molecular weight excluding hydrogens is 294 g/mol. The molecule has 0 radical (unpaired) electrons.